The number of amides is 1. The molecule has 2 aromatic rings. The second kappa shape index (κ2) is 10.1. The Labute approximate surface area is 175 Å². The number of ether oxygens (including phenoxy) is 1. The van der Waals surface area contributed by atoms with Gasteiger partial charge in [0.05, 0.1) is 28.5 Å². The van der Waals surface area contributed by atoms with Crippen LogP contribution in [-0.2, 0) is 30.5 Å². The van der Waals surface area contributed by atoms with E-state index in [0.717, 1.165) is 18.2 Å². The number of nitrogens with zero attached hydrogens (tertiary/aromatic N) is 1. The number of nitrogens with one attached hydrogen (secondary N) is 2. The van der Waals surface area contributed by atoms with Crippen LogP contribution < -0.4 is 10.0 Å². The maximum Gasteiger partial charge on any atom is 0.416 e. The van der Waals surface area contributed by atoms with Crippen LogP contribution in [0.3, 0.4) is 0 Å². The van der Waals surface area contributed by atoms with Crippen molar-refractivity contribution < 1.29 is 35.9 Å². The van der Waals surface area contributed by atoms with Crippen molar-refractivity contribution >= 4 is 27.6 Å². The zero-order chi connectivity index (χ0) is 23.1. The fraction of sp³-hybridized carbons (Fsp3) is 0.211. The predicted molar refractivity (Wildman–Crippen MR) is 102 cm³/mol. The summed E-state index contributed by atoms with van der Waals surface area (Å²) in [4.78, 5) is 22.8. The highest BCUT2D eigenvalue weighted by molar-refractivity contribution is 7.89. The van der Waals surface area contributed by atoms with Gasteiger partial charge in [-0.3, -0.25) is 9.59 Å². The Morgan fingerprint density at radius 1 is 1.10 bits per heavy atom. The molecule has 2 N–H and O–H groups in total. The van der Waals surface area contributed by atoms with E-state index in [1.807, 2.05) is 10.8 Å². The lowest BCUT2D eigenvalue weighted by Crippen LogP contribution is -2.28. The van der Waals surface area contributed by atoms with Crippen LogP contribution in [-0.4, -0.2) is 33.4 Å². The summed E-state index contributed by atoms with van der Waals surface area (Å²) in [7, 11) is -4.28. The van der Waals surface area contributed by atoms with Crippen LogP contribution in [0.2, 0.25) is 0 Å². The van der Waals surface area contributed by atoms with Crippen LogP contribution in [0.4, 0.5) is 18.9 Å². The molecular weight excluding hydrogens is 439 g/mol. The monoisotopic (exact) mass is 455 g/mol. The number of esters is 1. The average molecular weight is 455 g/mol. The standard InChI is InChI=1S/C19H16F3N3O5S/c20-19(21,22)14-2-1-3-16(10-14)31(28,29)24-9-8-18(27)30-12-17(26)25-15-6-4-13(11-23)5-7-15/h1-7,10,24H,8-9,12H2,(H,25,26). The van der Waals surface area contributed by atoms with Crippen molar-refractivity contribution in [1.29, 1.82) is 5.26 Å². The average Bonchev–Trinajstić information content (AvgIpc) is 2.72. The van der Waals surface area contributed by atoms with Crippen molar-refractivity contribution in [2.75, 3.05) is 18.5 Å². The highest BCUT2D eigenvalue weighted by Crippen LogP contribution is 2.30. The molecule has 164 valence electrons. The number of sulfonamides is 1. The summed E-state index contributed by atoms with van der Waals surface area (Å²) in [6, 6.07) is 11.0. The molecule has 8 nitrogen and oxygen atoms in total. The molecule has 1 amide bonds. The lowest BCUT2D eigenvalue weighted by atomic mass is 10.2. The number of halogens is 3. The lowest BCUT2D eigenvalue weighted by Gasteiger charge is -2.10. The van der Waals surface area contributed by atoms with Gasteiger partial charge in [-0.05, 0) is 42.5 Å². The highest BCUT2D eigenvalue weighted by Gasteiger charge is 2.31. The SMILES string of the molecule is N#Cc1ccc(NC(=O)COC(=O)CCNS(=O)(=O)c2cccc(C(F)(F)F)c2)cc1. The normalized spacial score (nSPS) is 11.4. The summed E-state index contributed by atoms with van der Waals surface area (Å²) in [5.41, 5.74) is -0.339. The largest absolute Gasteiger partial charge is 0.456 e. The van der Waals surface area contributed by atoms with Crippen LogP contribution >= 0.6 is 0 Å². The van der Waals surface area contributed by atoms with E-state index in [4.69, 9.17) is 10.00 Å². The fourth-order valence-electron chi connectivity index (χ4n) is 2.25. The van der Waals surface area contributed by atoms with Gasteiger partial charge < -0.3 is 10.1 Å². The third-order valence-electron chi connectivity index (χ3n) is 3.75. The maximum absolute atomic E-state index is 12.7. The van der Waals surface area contributed by atoms with E-state index in [9.17, 15) is 31.2 Å². The minimum absolute atomic E-state index is 0.383. The quantitative estimate of drug-likeness (QED) is 0.589. The number of alkyl halides is 3. The topological polar surface area (TPSA) is 125 Å². The van der Waals surface area contributed by atoms with Crippen molar-refractivity contribution in [2.24, 2.45) is 0 Å². The molecule has 12 heteroatoms. The minimum Gasteiger partial charge on any atom is -0.456 e. The van der Waals surface area contributed by atoms with Gasteiger partial charge in [-0.2, -0.15) is 18.4 Å². The minimum atomic E-state index is -4.70. The number of hydrogen-bond acceptors (Lipinski definition) is 6. The maximum atomic E-state index is 12.7. The van der Waals surface area contributed by atoms with Gasteiger partial charge in [0.15, 0.2) is 6.61 Å². The molecule has 0 spiro atoms. The Morgan fingerprint density at radius 2 is 1.77 bits per heavy atom. The van der Waals surface area contributed by atoms with Gasteiger partial charge >= 0.3 is 12.1 Å². The van der Waals surface area contributed by atoms with Gasteiger partial charge in [-0.1, -0.05) is 6.07 Å². The molecule has 0 saturated carbocycles. The van der Waals surface area contributed by atoms with E-state index in [1.165, 1.54) is 24.3 Å². The van der Waals surface area contributed by atoms with E-state index >= 15 is 0 Å². The van der Waals surface area contributed by atoms with Crippen molar-refractivity contribution in [3.05, 3.63) is 59.7 Å². The number of nitriles is 1. The molecule has 31 heavy (non-hydrogen) atoms. The zero-order valence-electron chi connectivity index (χ0n) is 15.8. The molecular formula is C19H16F3N3O5S. The Bertz CT molecular complexity index is 1090. The first kappa shape index (κ1) is 23.8. The van der Waals surface area contributed by atoms with Crippen LogP contribution in [0.15, 0.2) is 53.4 Å². The van der Waals surface area contributed by atoms with Gasteiger partial charge in [0.25, 0.3) is 5.91 Å². The highest BCUT2D eigenvalue weighted by atomic mass is 32.2. The summed E-state index contributed by atoms with van der Waals surface area (Å²) in [6.07, 6.45) is -5.14. The molecule has 0 heterocycles. The second-order valence-electron chi connectivity index (χ2n) is 6.07. The number of hydrogen-bond donors (Lipinski definition) is 2. The number of anilines is 1. The van der Waals surface area contributed by atoms with Crippen LogP contribution in [0.1, 0.15) is 17.5 Å². The molecule has 0 bridgehead atoms. The second-order valence-corrected chi connectivity index (χ2v) is 7.84. The van der Waals surface area contributed by atoms with Gasteiger partial charge in [0, 0.05) is 12.2 Å². The third kappa shape index (κ3) is 7.40. The molecule has 0 radical (unpaired) electrons. The van der Waals surface area contributed by atoms with Crippen LogP contribution in [0.25, 0.3) is 0 Å². The summed E-state index contributed by atoms with van der Waals surface area (Å²) < 4.78 is 69.0. The Balaban J connectivity index is 1.79. The predicted octanol–water partition coefficient (Wildman–Crippen LogP) is 2.43. The van der Waals surface area contributed by atoms with Crippen molar-refractivity contribution in [1.82, 2.24) is 4.72 Å². The smallest absolute Gasteiger partial charge is 0.416 e. The van der Waals surface area contributed by atoms with E-state index in [0.29, 0.717) is 17.3 Å². The number of rotatable bonds is 8. The molecule has 0 saturated heterocycles. The number of carbonyl (C=O) groups excluding carboxylic acids is 2. The first-order valence-corrected chi connectivity index (χ1v) is 10.1. The number of carbonyl (C=O) groups is 2. The van der Waals surface area contributed by atoms with Crippen LogP contribution in [0.5, 0.6) is 0 Å². The first-order chi connectivity index (χ1) is 14.5. The zero-order valence-corrected chi connectivity index (χ0v) is 16.6. The molecule has 0 fully saturated rings. The molecule has 2 aromatic carbocycles. The summed E-state index contributed by atoms with van der Waals surface area (Å²) in [5, 5.41) is 11.1. The molecule has 0 aliphatic rings. The molecule has 0 aliphatic heterocycles. The molecule has 0 aliphatic carbocycles. The molecule has 0 atom stereocenters. The summed E-state index contributed by atoms with van der Waals surface area (Å²) >= 11 is 0. The van der Waals surface area contributed by atoms with E-state index in [1.54, 1.807) is 0 Å². The van der Waals surface area contributed by atoms with Gasteiger partial charge in [-0.25, -0.2) is 13.1 Å². The Hall–Kier alpha value is -3.43. The van der Waals surface area contributed by atoms with Gasteiger partial charge in [-0.15, -0.1) is 0 Å². The fourth-order valence-corrected chi connectivity index (χ4v) is 3.33. The molecule has 2 rings (SSSR count). The van der Waals surface area contributed by atoms with Gasteiger partial charge in [0.2, 0.25) is 10.0 Å². The molecule has 0 unspecified atom stereocenters. The van der Waals surface area contributed by atoms with E-state index < -0.39 is 58.1 Å². The Kier molecular flexibility index (Phi) is 7.73. The molecule has 0 aromatic heterocycles. The van der Waals surface area contributed by atoms with E-state index in [-0.39, 0.29) is 0 Å². The van der Waals surface area contributed by atoms with Crippen molar-refractivity contribution in [3.8, 4) is 6.07 Å². The van der Waals surface area contributed by atoms with Gasteiger partial charge in [0.1, 0.15) is 0 Å². The van der Waals surface area contributed by atoms with Crippen molar-refractivity contribution in [3.63, 3.8) is 0 Å². The van der Waals surface area contributed by atoms with E-state index in [2.05, 4.69) is 5.32 Å². The number of benzene rings is 2. The summed E-state index contributed by atoms with van der Waals surface area (Å²) in [6.45, 7) is -1.06. The Morgan fingerprint density at radius 3 is 2.39 bits per heavy atom. The first-order valence-electron chi connectivity index (χ1n) is 8.64. The van der Waals surface area contributed by atoms with Crippen LogP contribution in [0, 0.1) is 11.3 Å². The lowest BCUT2D eigenvalue weighted by molar-refractivity contribution is -0.147. The summed E-state index contributed by atoms with van der Waals surface area (Å²) in [5.74, 6) is -1.54. The third-order valence-corrected chi connectivity index (χ3v) is 5.21. The van der Waals surface area contributed by atoms with Crippen molar-refractivity contribution in [2.45, 2.75) is 17.5 Å².